The Bertz CT molecular complexity index is 240. The number of hydrogen-bond donors (Lipinski definition) is 0. The van der Waals surface area contributed by atoms with E-state index in [1.807, 2.05) is 4.90 Å². The van der Waals surface area contributed by atoms with Gasteiger partial charge in [-0.2, -0.15) is 0 Å². The first kappa shape index (κ1) is 13.5. The number of piperidine rings is 2. The van der Waals surface area contributed by atoms with Gasteiger partial charge in [0.25, 0.3) is 0 Å². The van der Waals surface area contributed by atoms with Crippen LogP contribution in [0.15, 0.2) is 0 Å². The van der Waals surface area contributed by atoms with Crippen LogP contribution in [0.5, 0.6) is 0 Å². The van der Waals surface area contributed by atoms with Crippen LogP contribution in [0.1, 0.15) is 40.5 Å². The zero-order chi connectivity index (χ0) is 12.3. The largest absolute Gasteiger partial charge is 0.378 e. The van der Waals surface area contributed by atoms with E-state index in [1.165, 1.54) is 12.8 Å². The number of carbonyl (C=O) groups excluding carboxylic acids is 1. The lowest BCUT2D eigenvalue weighted by Gasteiger charge is -2.59. The van der Waals surface area contributed by atoms with E-state index in [0.29, 0.717) is 11.8 Å². The quantitative estimate of drug-likeness (QED) is 0.688. The summed E-state index contributed by atoms with van der Waals surface area (Å²) in [6.07, 6.45) is 2.48. The molecule has 0 radical (unpaired) electrons. The van der Waals surface area contributed by atoms with Crippen molar-refractivity contribution in [3.63, 3.8) is 0 Å². The molecular formula is C13H25NO2. The highest BCUT2D eigenvalue weighted by molar-refractivity contribution is 5.73. The molecule has 3 heteroatoms. The minimum atomic E-state index is 0.0476. The van der Waals surface area contributed by atoms with Gasteiger partial charge in [-0.3, -0.25) is 4.79 Å². The molecule has 0 aromatic carbocycles. The summed E-state index contributed by atoms with van der Waals surface area (Å²) in [6.45, 7) is 9.84. The van der Waals surface area contributed by atoms with Gasteiger partial charge in [-0.25, -0.2) is 0 Å². The highest BCUT2D eigenvalue weighted by Crippen LogP contribution is 2.50. The zero-order valence-corrected chi connectivity index (χ0v) is 11.2. The summed E-state index contributed by atoms with van der Waals surface area (Å²) in [7, 11) is 1.78. The molecule has 2 bridgehead atoms. The molecule has 2 unspecified atom stereocenters. The third kappa shape index (κ3) is 2.24. The number of hydrogen-bond acceptors (Lipinski definition) is 2. The molecule has 94 valence electrons. The molecule has 0 N–H and O–H groups in total. The average molecular weight is 227 g/mol. The third-order valence-corrected chi connectivity index (χ3v) is 3.96. The monoisotopic (exact) mass is 227 g/mol. The predicted octanol–water partition coefficient (Wildman–Crippen LogP) is 2.31. The Morgan fingerprint density at radius 2 is 1.81 bits per heavy atom. The van der Waals surface area contributed by atoms with Gasteiger partial charge in [-0.15, -0.1) is 0 Å². The Labute approximate surface area is 99.1 Å². The van der Waals surface area contributed by atoms with Gasteiger partial charge in [0.05, 0.1) is 5.60 Å². The minimum Gasteiger partial charge on any atom is -0.378 e. The number of ether oxygens (including phenoxy) is 1. The van der Waals surface area contributed by atoms with Crippen LogP contribution < -0.4 is 0 Å². The summed E-state index contributed by atoms with van der Waals surface area (Å²) in [4.78, 5) is 13.1. The fourth-order valence-corrected chi connectivity index (χ4v) is 2.69. The summed E-state index contributed by atoms with van der Waals surface area (Å²) in [6, 6.07) is 0. The van der Waals surface area contributed by atoms with Crippen molar-refractivity contribution in [3.8, 4) is 0 Å². The molecule has 3 aliphatic rings. The van der Waals surface area contributed by atoms with E-state index in [2.05, 4.69) is 20.8 Å². The van der Waals surface area contributed by atoms with Crippen molar-refractivity contribution in [3.05, 3.63) is 0 Å². The van der Waals surface area contributed by atoms with E-state index in [0.717, 1.165) is 13.1 Å². The second-order valence-electron chi connectivity index (χ2n) is 5.15. The topological polar surface area (TPSA) is 29.5 Å². The molecule has 1 saturated carbocycles. The van der Waals surface area contributed by atoms with Crippen molar-refractivity contribution in [2.24, 2.45) is 11.8 Å². The molecule has 3 rings (SSSR count). The standard InChI is InChI=1S/C10H17NO2.C3H8/c1-7(12)11-5-8-4-9(6-11)10(8,2)13-3;1-3-2/h8-9H,4-6H2,1-3H3;3H2,1-2H3. The second kappa shape index (κ2) is 5.17. The van der Waals surface area contributed by atoms with Crippen molar-refractivity contribution >= 4 is 5.91 Å². The first-order valence-electron chi connectivity index (χ1n) is 6.30. The second-order valence-corrected chi connectivity index (χ2v) is 5.15. The molecule has 16 heavy (non-hydrogen) atoms. The summed E-state index contributed by atoms with van der Waals surface area (Å²) in [5.74, 6) is 1.31. The first-order valence-corrected chi connectivity index (χ1v) is 6.30. The zero-order valence-electron chi connectivity index (χ0n) is 11.2. The molecule has 1 amide bonds. The lowest BCUT2D eigenvalue weighted by atomic mass is 9.58. The van der Waals surface area contributed by atoms with Gasteiger partial charge in [0, 0.05) is 39.0 Å². The Hall–Kier alpha value is -0.570. The fourth-order valence-electron chi connectivity index (χ4n) is 2.69. The molecule has 0 aromatic rings. The van der Waals surface area contributed by atoms with E-state index in [1.54, 1.807) is 14.0 Å². The van der Waals surface area contributed by atoms with Crippen LogP contribution in [0.3, 0.4) is 0 Å². The van der Waals surface area contributed by atoms with Crippen LogP contribution in [-0.2, 0) is 9.53 Å². The molecule has 2 atom stereocenters. The molecule has 2 saturated heterocycles. The molecule has 3 nitrogen and oxygen atoms in total. The molecule has 3 fully saturated rings. The Morgan fingerprint density at radius 3 is 2.12 bits per heavy atom. The van der Waals surface area contributed by atoms with Crippen molar-refractivity contribution in [2.45, 2.75) is 46.1 Å². The van der Waals surface area contributed by atoms with Crippen LogP contribution in [0.4, 0.5) is 0 Å². The number of nitrogens with zero attached hydrogens (tertiary/aromatic N) is 1. The molecule has 0 spiro atoms. The number of rotatable bonds is 1. The van der Waals surface area contributed by atoms with Crippen LogP contribution >= 0.6 is 0 Å². The maximum Gasteiger partial charge on any atom is 0.219 e. The number of fused-ring (bicyclic) bond motifs is 2. The maximum absolute atomic E-state index is 11.1. The summed E-state index contributed by atoms with van der Waals surface area (Å²) >= 11 is 0. The highest BCUT2D eigenvalue weighted by Gasteiger charge is 2.56. The van der Waals surface area contributed by atoms with Crippen LogP contribution in [-0.4, -0.2) is 36.6 Å². The van der Waals surface area contributed by atoms with Gasteiger partial charge in [0.15, 0.2) is 0 Å². The van der Waals surface area contributed by atoms with Crippen molar-refractivity contribution in [2.75, 3.05) is 20.2 Å². The average Bonchev–Trinajstić information content (AvgIpc) is 2.29. The van der Waals surface area contributed by atoms with E-state index in [9.17, 15) is 4.79 Å². The predicted molar refractivity (Wildman–Crippen MR) is 65.2 cm³/mol. The number of amides is 1. The summed E-state index contributed by atoms with van der Waals surface area (Å²) < 4.78 is 5.53. The van der Waals surface area contributed by atoms with Crippen molar-refractivity contribution in [1.82, 2.24) is 4.90 Å². The van der Waals surface area contributed by atoms with Crippen molar-refractivity contribution < 1.29 is 9.53 Å². The molecule has 2 aliphatic heterocycles. The van der Waals surface area contributed by atoms with Gasteiger partial charge in [-0.1, -0.05) is 20.3 Å². The molecule has 2 heterocycles. The number of carbonyl (C=O) groups is 1. The molecule has 0 aromatic heterocycles. The van der Waals surface area contributed by atoms with Crippen molar-refractivity contribution in [1.29, 1.82) is 0 Å². The SMILES string of the molecule is CCC.COC1(C)C2CC1CN(C(C)=O)C2. The third-order valence-electron chi connectivity index (χ3n) is 3.96. The normalized spacial score (nSPS) is 35.9. The lowest BCUT2D eigenvalue weighted by Crippen LogP contribution is -2.66. The van der Waals surface area contributed by atoms with E-state index in [-0.39, 0.29) is 11.5 Å². The van der Waals surface area contributed by atoms with E-state index in [4.69, 9.17) is 4.74 Å². The molecule has 1 aliphatic carbocycles. The lowest BCUT2D eigenvalue weighted by molar-refractivity contribution is -0.203. The Kier molecular flexibility index (Phi) is 4.36. The van der Waals surface area contributed by atoms with Gasteiger partial charge < -0.3 is 9.64 Å². The Balaban J connectivity index is 0.000000386. The van der Waals surface area contributed by atoms with Gasteiger partial charge in [0.2, 0.25) is 5.91 Å². The summed E-state index contributed by atoms with van der Waals surface area (Å²) in [5.41, 5.74) is 0.0476. The van der Waals surface area contributed by atoms with Crippen LogP contribution in [0.25, 0.3) is 0 Å². The van der Waals surface area contributed by atoms with E-state index < -0.39 is 0 Å². The van der Waals surface area contributed by atoms with Crippen LogP contribution in [0, 0.1) is 11.8 Å². The first-order chi connectivity index (χ1) is 7.49. The summed E-state index contributed by atoms with van der Waals surface area (Å²) in [5, 5.41) is 0. The van der Waals surface area contributed by atoms with E-state index >= 15 is 0 Å². The smallest absolute Gasteiger partial charge is 0.219 e. The maximum atomic E-state index is 11.1. The van der Waals surface area contributed by atoms with Gasteiger partial charge in [0.1, 0.15) is 0 Å². The van der Waals surface area contributed by atoms with Gasteiger partial charge >= 0.3 is 0 Å². The molecular weight excluding hydrogens is 202 g/mol. The van der Waals surface area contributed by atoms with Crippen LogP contribution in [0.2, 0.25) is 0 Å². The fraction of sp³-hybridized carbons (Fsp3) is 0.923. The number of methoxy groups -OCH3 is 1. The highest BCUT2D eigenvalue weighted by atomic mass is 16.5. The minimum absolute atomic E-state index is 0.0476. The van der Waals surface area contributed by atoms with Gasteiger partial charge in [-0.05, 0) is 13.3 Å². The Morgan fingerprint density at radius 1 is 1.38 bits per heavy atom.